The quantitative estimate of drug-likeness (QED) is 0.729. The average molecular weight is 299 g/mol. The van der Waals surface area contributed by atoms with Gasteiger partial charge in [-0.2, -0.15) is 0 Å². The van der Waals surface area contributed by atoms with Gasteiger partial charge in [0.2, 0.25) is 0 Å². The van der Waals surface area contributed by atoms with Gasteiger partial charge in [0.1, 0.15) is 17.3 Å². The summed E-state index contributed by atoms with van der Waals surface area (Å²) in [5.41, 5.74) is 0. The highest BCUT2D eigenvalue weighted by Crippen LogP contribution is 2.23. The fourth-order valence-corrected chi connectivity index (χ4v) is 4.64. The van der Waals surface area contributed by atoms with Gasteiger partial charge in [-0.3, -0.25) is 14.6 Å². The van der Waals surface area contributed by atoms with E-state index in [1.54, 1.807) is 6.92 Å². The van der Waals surface area contributed by atoms with Gasteiger partial charge in [-0.15, -0.1) is 0 Å². The number of ketones is 1. The Morgan fingerprint density at radius 1 is 1.10 bits per heavy atom. The summed E-state index contributed by atoms with van der Waals surface area (Å²) in [5.74, 6) is 3.12. The summed E-state index contributed by atoms with van der Waals surface area (Å²) in [6.45, 7) is 9.76. The van der Waals surface area contributed by atoms with Crippen molar-refractivity contribution in [1.82, 2.24) is 9.80 Å². The van der Waals surface area contributed by atoms with E-state index in [-0.39, 0.29) is 11.8 Å². The number of hydrogen-bond acceptors (Lipinski definition) is 4. The van der Waals surface area contributed by atoms with E-state index in [4.69, 9.17) is 0 Å². The molecule has 0 bridgehead atoms. The zero-order valence-electron chi connectivity index (χ0n) is 12.9. The fraction of sp³-hybridized carbons (Fsp3) is 0.867. The van der Waals surface area contributed by atoms with Crippen molar-refractivity contribution in [3.8, 4) is 0 Å². The first-order chi connectivity index (χ1) is 9.49. The van der Waals surface area contributed by atoms with Crippen molar-refractivity contribution < 1.29 is 9.35 Å². The Morgan fingerprint density at radius 2 is 1.65 bits per heavy atom. The first kappa shape index (κ1) is 16.3. The second-order valence-corrected chi connectivity index (χ2v) is 7.94. The SMILES string of the molecule is C[C](C)C(C(C)=O)N1CCC(N2CC[S+]([O-])CC2)CC1. The van der Waals surface area contributed by atoms with Gasteiger partial charge in [-0.05, 0) is 25.7 Å². The van der Waals surface area contributed by atoms with Crippen LogP contribution in [-0.2, 0) is 16.0 Å². The standard InChI is InChI=1S/C15H27N2O2S/c1-12(2)15(13(3)18)17-6-4-14(5-7-17)16-8-10-20(19)11-9-16/h14-15H,4-11H2,1-3H3. The van der Waals surface area contributed by atoms with Crippen LogP contribution in [-0.4, -0.2) is 69.9 Å². The molecule has 0 saturated carbocycles. The van der Waals surface area contributed by atoms with Crippen LogP contribution in [0.15, 0.2) is 0 Å². The molecule has 2 aliphatic heterocycles. The van der Waals surface area contributed by atoms with Crippen LogP contribution in [0.1, 0.15) is 33.6 Å². The van der Waals surface area contributed by atoms with E-state index in [0.29, 0.717) is 6.04 Å². The van der Waals surface area contributed by atoms with Crippen molar-refractivity contribution >= 4 is 17.0 Å². The summed E-state index contributed by atoms with van der Waals surface area (Å²) in [7, 11) is 0. The molecular weight excluding hydrogens is 272 g/mol. The summed E-state index contributed by atoms with van der Waals surface area (Å²) in [4.78, 5) is 16.6. The minimum atomic E-state index is -0.592. The summed E-state index contributed by atoms with van der Waals surface area (Å²) in [5, 5.41) is 0. The largest absolute Gasteiger partial charge is 0.616 e. The zero-order chi connectivity index (χ0) is 14.7. The highest BCUT2D eigenvalue weighted by atomic mass is 32.2. The van der Waals surface area contributed by atoms with Gasteiger partial charge in [0.25, 0.3) is 0 Å². The molecule has 2 rings (SSSR count). The molecule has 1 atom stereocenters. The number of carbonyl (C=O) groups excluding carboxylic acids is 1. The molecule has 115 valence electrons. The predicted molar refractivity (Wildman–Crippen MR) is 83.1 cm³/mol. The molecule has 0 aliphatic carbocycles. The highest BCUT2D eigenvalue weighted by molar-refractivity contribution is 7.91. The lowest BCUT2D eigenvalue weighted by atomic mass is 9.94. The Labute approximate surface area is 126 Å². The van der Waals surface area contributed by atoms with Crippen molar-refractivity contribution in [2.45, 2.75) is 45.7 Å². The molecular formula is C15H27N2O2S. The Kier molecular flexibility index (Phi) is 5.90. The number of hydrogen-bond donors (Lipinski definition) is 0. The van der Waals surface area contributed by atoms with Gasteiger partial charge in [0, 0.05) is 32.2 Å². The van der Waals surface area contributed by atoms with E-state index >= 15 is 0 Å². The third-order valence-electron chi connectivity index (χ3n) is 4.52. The molecule has 2 heterocycles. The number of rotatable bonds is 4. The van der Waals surface area contributed by atoms with Crippen LogP contribution >= 0.6 is 0 Å². The molecule has 1 radical (unpaired) electrons. The van der Waals surface area contributed by atoms with Crippen molar-refractivity contribution in [3.05, 3.63) is 5.92 Å². The van der Waals surface area contributed by atoms with Gasteiger partial charge >= 0.3 is 0 Å². The Hall–Kier alpha value is -0.100. The third-order valence-corrected chi connectivity index (χ3v) is 5.80. The van der Waals surface area contributed by atoms with E-state index in [1.165, 1.54) is 5.92 Å². The molecule has 0 spiro atoms. The van der Waals surface area contributed by atoms with Crippen LogP contribution in [0.2, 0.25) is 0 Å². The molecule has 2 fully saturated rings. The van der Waals surface area contributed by atoms with E-state index in [9.17, 15) is 9.35 Å². The minimum absolute atomic E-state index is 0.00445. The number of likely N-dealkylation sites (tertiary alicyclic amines) is 1. The lowest BCUT2D eigenvalue weighted by Crippen LogP contribution is -2.53. The fourth-order valence-electron chi connectivity index (χ4n) is 3.56. The maximum atomic E-state index is 11.8. The van der Waals surface area contributed by atoms with Gasteiger partial charge in [0.15, 0.2) is 0 Å². The topological polar surface area (TPSA) is 46.6 Å². The molecule has 4 nitrogen and oxygen atoms in total. The summed E-state index contributed by atoms with van der Waals surface area (Å²) in [6, 6.07) is 0.623. The Balaban J connectivity index is 1.84. The lowest BCUT2D eigenvalue weighted by Gasteiger charge is -2.42. The van der Waals surface area contributed by atoms with Crippen molar-refractivity contribution in [1.29, 1.82) is 0 Å². The van der Waals surface area contributed by atoms with Crippen LogP contribution in [0, 0.1) is 5.92 Å². The molecule has 2 aliphatic rings. The molecule has 2 saturated heterocycles. The second kappa shape index (κ2) is 7.25. The van der Waals surface area contributed by atoms with Crippen LogP contribution < -0.4 is 0 Å². The van der Waals surface area contributed by atoms with Crippen LogP contribution in [0.4, 0.5) is 0 Å². The summed E-state index contributed by atoms with van der Waals surface area (Å²) >= 11 is -0.592. The van der Waals surface area contributed by atoms with Gasteiger partial charge in [-0.25, -0.2) is 0 Å². The highest BCUT2D eigenvalue weighted by Gasteiger charge is 2.33. The average Bonchev–Trinajstić information content (AvgIpc) is 2.40. The molecule has 5 heteroatoms. The Bertz CT molecular complexity index is 322. The van der Waals surface area contributed by atoms with E-state index < -0.39 is 11.2 Å². The van der Waals surface area contributed by atoms with E-state index in [0.717, 1.165) is 50.5 Å². The van der Waals surface area contributed by atoms with E-state index in [1.807, 2.05) is 0 Å². The molecule has 1 unspecified atom stereocenters. The maximum Gasteiger partial charge on any atom is 0.147 e. The molecule has 0 aromatic heterocycles. The van der Waals surface area contributed by atoms with Crippen molar-refractivity contribution in [3.63, 3.8) is 0 Å². The van der Waals surface area contributed by atoms with Gasteiger partial charge in [-0.1, -0.05) is 25.0 Å². The zero-order valence-corrected chi connectivity index (χ0v) is 13.7. The normalized spacial score (nSPS) is 26.1. The molecule has 0 N–H and O–H groups in total. The molecule has 0 aromatic carbocycles. The van der Waals surface area contributed by atoms with Crippen molar-refractivity contribution in [2.24, 2.45) is 0 Å². The lowest BCUT2D eigenvalue weighted by molar-refractivity contribution is -0.122. The summed E-state index contributed by atoms with van der Waals surface area (Å²) in [6.07, 6.45) is 2.26. The first-order valence-electron chi connectivity index (χ1n) is 7.62. The Morgan fingerprint density at radius 3 is 2.10 bits per heavy atom. The number of nitrogens with zero attached hydrogens (tertiary/aromatic N) is 2. The van der Waals surface area contributed by atoms with Gasteiger partial charge in [0.05, 0.1) is 6.04 Å². The number of Topliss-reactive ketones (excluding diaryl/α,β-unsaturated/α-hetero) is 1. The summed E-state index contributed by atoms with van der Waals surface area (Å²) < 4.78 is 11.4. The minimum Gasteiger partial charge on any atom is -0.616 e. The van der Waals surface area contributed by atoms with Crippen LogP contribution in [0.5, 0.6) is 0 Å². The van der Waals surface area contributed by atoms with E-state index in [2.05, 4.69) is 23.6 Å². The maximum absolute atomic E-state index is 11.8. The second-order valence-electron chi connectivity index (χ2n) is 6.24. The van der Waals surface area contributed by atoms with Crippen molar-refractivity contribution in [2.75, 3.05) is 37.7 Å². The monoisotopic (exact) mass is 299 g/mol. The molecule has 0 amide bonds. The predicted octanol–water partition coefficient (Wildman–Crippen LogP) is 1.09. The molecule has 0 aromatic rings. The number of carbonyl (C=O) groups is 1. The van der Waals surface area contributed by atoms with Crippen LogP contribution in [0.3, 0.4) is 0 Å². The third kappa shape index (κ3) is 3.97. The molecule has 20 heavy (non-hydrogen) atoms. The van der Waals surface area contributed by atoms with Crippen LogP contribution in [0.25, 0.3) is 0 Å². The first-order valence-corrected chi connectivity index (χ1v) is 9.11. The number of piperidine rings is 1. The van der Waals surface area contributed by atoms with Gasteiger partial charge < -0.3 is 4.55 Å². The smallest absolute Gasteiger partial charge is 0.147 e.